The van der Waals surface area contributed by atoms with Crippen molar-refractivity contribution in [3.63, 3.8) is 0 Å². The van der Waals surface area contributed by atoms with Crippen LogP contribution in [0.2, 0.25) is 1.02 Å². The van der Waals surface area contributed by atoms with Crippen LogP contribution >= 0.6 is 0 Å². The van der Waals surface area contributed by atoms with E-state index in [1.54, 1.807) is 0 Å². The second-order valence-corrected chi connectivity index (χ2v) is 2.51. The summed E-state index contributed by atoms with van der Waals surface area (Å²) in [5.74, 6) is -1.73. The molecule has 15 heavy (non-hydrogen) atoms. The van der Waals surface area contributed by atoms with Gasteiger partial charge in [0.05, 0.1) is 6.61 Å². The first kappa shape index (κ1) is 18.3. The van der Waals surface area contributed by atoms with Crippen molar-refractivity contribution in [2.45, 2.75) is 25.4 Å². The minimum atomic E-state index is -2.20. The fourth-order valence-corrected chi connectivity index (χ4v) is 0.668. The standard InChI is InChI=1S/C6H12O7.CH3.K/c7-1-2(8)3(9)4(10)5(11)6(12)13;;/h2-5,7-11H,1H2,(H,12,13);1H3;. The molecule has 0 saturated carbocycles. The van der Waals surface area contributed by atoms with Gasteiger partial charge in [-0.25, -0.2) is 4.79 Å². The Morgan fingerprint density at radius 1 is 1.13 bits per heavy atom. The second kappa shape index (κ2) is 10.1. The summed E-state index contributed by atoms with van der Waals surface area (Å²) in [7, 11) is 0. The Morgan fingerprint density at radius 3 is 1.80 bits per heavy atom. The van der Waals surface area contributed by atoms with Gasteiger partial charge in [0.1, 0.15) is 18.3 Å². The van der Waals surface area contributed by atoms with Gasteiger partial charge in [-0.3, -0.25) is 0 Å². The Balaban J connectivity index is 0. The van der Waals surface area contributed by atoms with Gasteiger partial charge >= 0.3 is 55.9 Å². The molecule has 86 valence electrons. The molecule has 0 bridgehead atoms. The first-order chi connectivity index (χ1) is 6.91. The molecule has 0 amide bonds. The number of carboxylic acids is 1. The molecule has 0 heterocycles. The van der Waals surface area contributed by atoms with Crippen molar-refractivity contribution in [2.75, 3.05) is 6.61 Å². The SMILES string of the molecule is O=C(O)C(O)C(O)C(O)C(O)CO.[CH3][K]. The zero-order chi connectivity index (χ0) is 12.6. The molecule has 0 aromatic rings. The second-order valence-electron chi connectivity index (χ2n) is 2.51. The average Bonchev–Trinajstić information content (AvgIpc) is 2.27. The molecule has 6 N–H and O–H groups in total. The zero-order valence-electron chi connectivity index (χ0n) is 8.61. The van der Waals surface area contributed by atoms with Crippen LogP contribution < -0.4 is 0 Å². The molecule has 0 aliphatic carbocycles. The molecule has 4 unspecified atom stereocenters. The number of hydrogen-bond acceptors (Lipinski definition) is 6. The van der Waals surface area contributed by atoms with E-state index in [-0.39, 0.29) is 0 Å². The summed E-state index contributed by atoms with van der Waals surface area (Å²) in [6, 6.07) is 0. The third-order valence-corrected chi connectivity index (χ3v) is 1.51. The Bertz CT molecular complexity index is 177. The van der Waals surface area contributed by atoms with E-state index in [1.807, 2.05) is 0 Å². The fraction of sp³-hybridized carbons (Fsp3) is 0.857. The molecule has 0 aromatic heterocycles. The topological polar surface area (TPSA) is 138 Å². The van der Waals surface area contributed by atoms with Gasteiger partial charge in [0.15, 0.2) is 6.10 Å². The van der Waals surface area contributed by atoms with Crippen LogP contribution in [0.25, 0.3) is 0 Å². The normalized spacial score (nSPS) is 18.1. The zero-order valence-corrected chi connectivity index (χ0v) is 11.7. The molecule has 0 aliphatic heterocycles. The van der Waals surface area contributed by atoms with Crippen molar-refractivity contribution in [1.82, 2.24) is 0 Å². The van der Waals surface area contributed by atoms with E-state index < -0.39 is 37.0 Å². The maximum atomic E-state index is 10.1. The van der Waals surface area contributed by atoms with Gasteiger partial charge in [-0.2, -0.15) is 0 Å². The van der Waals surface area contributed by atoms with E-state index in [0.717, 1.165) is 49.0 Å². The van der Waals surface area contributed by atoms with E-state index in [0.29, 0.717) is 0 Å². The Labute approximate surface area is 121 Å². The Kier molecular flexibility index (Phi) is 12.3. The predicted molar refractivity (Wildman–Crippen MR) is 50.4 cm³/mol. The maximum absolute atomic E-state index is 10.1. The molecule has 0 aliphatic rings. The number of rotatable bonds is 5. The van der Waals surface area contributed by atoms with Crippen molar-refractivity contribution < 1.29 is 35.4 Å². The van der Waals surface area contributed by atoms with Crippen LogP contribution in [-0.2, 0) is 4.79 Å². The molecule has 8 heteroatoms. The van der Waals surface area contributed by atoms with E-state index >= 15 is 0 Å². The van der Waals surface area contributed by atoms with E-state index in [2.05, 4.69) is 1.02 Å². The number of aliphatic carboxylic acids is 1. The predicted octanol–water partition coefficient (Wildman–Crippen LogP) is -3.29. The molecule has 4 atom stereocenters. The summed E-state index contributed by atoms with van der Waals surface area (Å²) in [4.78, 5) is 10.1. The van der Waals surface area contributed by atoms with Crippen LogP contribution in [0.15, 0.2) is 0 Å². The third-order valence-electron chi connectivity index (χ3n) is 1.51. The van der Waals surface area contributed by atoms with Crippen molar-refractivity contribution in [3.8, 4) is 0 Å². The Hall–Kier alpha value is 0.906. The molecule has 0 fully saturated rings. The molecule has 0 aromatic carbocycles. The van der Waals surface area contributed by atoms with Crippen LogP contribution in [0.4, 0.5) is 0 Å². The quantitative estimate of drug-likeness (QED) is 0.281. The van der Waals surface area contributed by atoms with Crippen molar-refractivity contribution >= 4 is 54.9 Å². The summed E-state index contributed by atoms with van der Waals surface area (Å²) >= 11 is 1.06. The van der Waals surface area contributed by atoms with Gasteiger partial charge < -0.3 is 30.6 Å². The molecule has 0 saturated heterocycles. The molecule has 0 radical (unpaired) electrons. The molecule has 0 spiro atoms. The van der Waals surface area contributed by atoms with Gasteiger partial charge in [0.25, 0.3) is 0 Å². The monoisotopic (exact) mass is 250 g/mol. The summed E-state index contributed by atoms with van der Waals surface area (Å²) in [5.41, 5.74) is 0. The van der Waals surface area contributed by atoms with Gasteiger partial charge in [0.2, 0.25) is 0 Å². The van der Waals surface area contributed by atoms with Gasteiger partial charge in [0, 0.05) is 0 Å². The fourth-order valence-electron chi connectivity index (χ4n) is 0.668. The van der Waals surface area contributed by atoms with E-state index in [9.17, 15) is 4.79 Å². The molecular formula is C7H15KO7. The van der Waals surface area contributed by atoms with Crippen molar-refractivity contribution in [3.05, 3.63) is 0 Å². The van der Waals surface area contributed by atoms with Crippen LogP contribution in [-0.4, -0.2) is 117 Å². The summed E-state index contributed by atoms with van der Waals surface area (Å²) in [6.07, 6.45) is -7.84. The number of carboxylic acid groups (broad SMARTS) is 1. The van der Waals surface area contributed by atoms with E-state index in [1.165, 1.54) is 0 Å². The number of aliphatic hydroxyl groups is 5. The summed E-state index contributed by atoms with van der Waals surface area (Å²) in [6.45, 7) is -0.843. The van der Waals surface area contributed by atoms with Crippen LogP contribution in [0.3, 0.4) is 0 Å². The Morgan fingerprint density at radius 2 is 1.53 bits per heavy atom. The van der Waals surface area contributed by atoms with Crippen molar-refractivity contribution in [2.24, 2.45) is 0 Å². The summed E-state index contributed by atoms with van der Waals surface area (Å²) in [5, 5.41) is 51.8. The van der Waals surface area contributed by atoms with Gasteiger partial charge in [-0.15, -0.1) is 0 Å². The molecule has 0 rings (SSSR count). The molecule has 7 nitrogen and oxygen atoms in total. The summed E-state index contributed by atoms with van der Waals surface area (Å²) < 4.78 is 2.19. The van der Waals surface area contributed by atoms with Crippen LogP contribution in [0.1, 0.15) is 0 Å². The van der Waals surface area contributed by atoms with Crippen LogP contribution in [0, 0.1) is 0 Å². The number of aliphatic hydroxyl groups excluding tert-OH is 5. The third kappa shape index (κ3) is 6.95. The number of carbonyl (C=O) groups is 1. The minimum absolute atomic E-state index is 0.843. The van der Waals surface area contributed by atoms with Crippen molar-refractivity contribution in [1.29, 1.82) is 0 Å². The average molecular weight is 250 g/mol. The van der Waals surface area contributed by atoms with Gasteiger partial charge in [-0.05, 0) is 0 Å². The first-order valence-electron chi connectivity index (χ1n) is 4.47. The first-order valence-corrected chi connectivity index (χ1v) is 7.60. The van der Waals surface area contributed by atoms with Crippen LogP contribution in [0.5, 0.6) is 0 Å². The van der Waals surface area contributed by atoms with Gasteiger partial charge in [-0.1, -0.05) is 0 Å². The molecular weight excluding hydrogens is 235 g/mol. The van der Waals surface area contributed by atoms with E-state index in [4.69, 9.17) is 30.6 Å². The number of hydrogen-bond donors (Lipinski definition) is 6.